The van der Waals surface area contributed by atoms with E-state index in [-0.39, 0.29) is 5.91 Å². The van der Waals surface area contributed by atoms with E-state index in [1.54, 1.807) is 0 Å². The van der Waals surface area contributed by atoms with Gasteiger partial charge in [0.2, 0.25) is 0 Å². The molecule has 5 heteroatoms. The van der Waals surface area contributed by atoms with Crippen LogP contribution in [0.25, 0.3) is 10.6 Å². The summed E-state index contributed by atoms with van der Waals surface area (Å²) in [5, 5.41) is 4.03. The zero-order valence-corrected chi connectivity index (χ0v) is 17.8. The lowest BCUT2D eigenvalue weighted by atomic mass is 10.0. The van der Waals surface area contributed by atoms with Crippen molar-refractivity contribution in [2.45, 2.75) is 59.4 Å². The molecule has 1 N–H and O–H groups in total. The van der Waals surface area contributed by atoms with Crippen LogP contribution in [0.5, 0.6) is 0 Å². The highest BCUT2D eigenvalue weighted by Crippen LogP contribution is 2.32. The molecule has 0 radical (unpaired) electrons. The molecule has 1 amide bonds. The fourth-order valence-electron chi connectivity index (χ4n) is 3.92. The number of likely N-dealkylation sites (tertiary alicyclic amines) is 1. The van der Waals surface area contributed by atoms with E-state index in [1.165, 1.54) is 48.3 Å². The molecule has 0 saturated carbocycles. The summed E-state index contributed by atoms with van der Waals surface area (Å²) in [4.78, 5) is 20.6. The van der Waals surface area contributed by atoms with Gasteiger partial charge in [-0.1, -0.05) is 24.6 Å². The van der Waals surface area contributed by atoms with E-state index in [0.717, 1.165) is 40.7 Å². The Morgan fingerprint density at radius 1 is 1.26 bits per heavy atom. The Kier molecular flexibility index (Phi) is 6.66. The fraction of sp³-hybridized carbons (Fsp3) is 0.545. The average Bonchev–Trinajstić information content (AvgIpc) is 3.01. The number of nitrogens with zero attached hydrogens (tertiary/aromatic N) is 2. The average molecular weight is 386 g/mol. The Morgan fingerprint density at radius 2 is 2.00 bits per heavy atom. The van der Waals surface area contributed by atoms with Gasteiger partial charge in [-0.25, -0.2) is 4.98 Å². The molecular formula is C22H31N3OS. The summed E-state index contributed by atoms with van der Waals surface area (Å²) in [5.74, 6) is 0.00850. The van der Waals surface area contributed by atoms with E-state index in [2.05, 4.69) is 54.2 Å². The van der Waals surface area contributed by atoms with E-state index in [1.807, 2.05) is 6.92 Å². The predicted molar refractivity (Wildman–Crippen MR) is 114 cm³/mol. The number of benzene rings is 1. The third kappa shape index (κ3) is 4.77. The highest BCUT2D eigenvalue weighted by atomic mass is 32.1. The minimum atomic E-state index is 0.00850. The number of aromatic nitrogens is 1. The minimum Gasteiger partial charge on any atom is -0.351 e. The number of hydrogen-bond donors (Lipinski definition) is 1. The van der Waals surface area contributed by atoms with Crippen molar-refractivity contribution in [3.05, 3.63) is 39.9 Å². The van der Waals surface area contributed by atoms with E-state index in [0.29, 0.717) is 6.04 Å². The first-order valence-corrected chi connectivity index (χ1v) is 10.8. The molecule has 1 aromatic carbocycles. The fourth-order valence-corrected chi connectivity index (χ4v) is 5.08. The van der Waals surface area contributed by atoms with E-state index in [4.69, 9.17) is 0 Å². The topological polar surface area (TPSA) is 45.2 Å². The van der Waals surface area contributed by atoms with Gasteiger partial charge in [-0.05, 0) is 64.6 Å². The highest BCUT2D eigenvalue weighted by molar-refractivity contribution is 7.17. The van der Waals surface area contributed by atoms with Gasteiger partial charge in [0, 0.05) is 24.7 Å². The van der Waals surface area contributed by atoms with Crippen molar-refractivity contribution in [2.24, 2.45) is 0 Å². The number of aryl methyl sites for hydroxylation is 3. The van der Waals surface area contributed by atoms with Crippen LogP contribution in [0.1, 0.15) is 59.1 Å². The first kappa shape index (κ1) is 20.0. The maximum absolute atomic E-state index is 12.6. The molecular weight excluding hydrogens is 354 g/mol. The van der Waals surface area contributed by atoms with Gasteiger partial charge >= 0.3 is 0 Å². The second-order valence-electron chi connectivity index (χ2n) is 7.69. The van der Waals surface area contributed by atoms with Crippen LogP contribution in [-0.2, 0) is 0 Å². The molecule has 1 aliphatic rings. The van der Waals surface area contributed by atoms with Crippen LogP contribution in [0.15, 0.2) is 18.2 Å². The molecule has 27 heavy (non-hydrogen) atoms. The maximum atomic E-state index is 12.6. The number of piperidine rings is 1. The minimum absolute atomic E-state index is 0.00850. The molecule has 2 heterocycles. The van der Waals surface area contributed by atoms with Crippen molar-refractivity contribution in [1.82, 2.24) is 15.2 Å². The zero-order valence-electron chi connectivity index (χ0n) is 17.0. The van der Waals surface area contributed by atoms with Crippen molar-refractivity contribution in [3.63, 3.8) is 0 Å². The summed E-state index contributed by atoms with van der Waals surface area (Å²) in [7, 11) is 0. The summed E-state index contributed by atoms with van der Waals surface area (Å²) < 4.78 is 0. The van der Waals surface area contributed by atoms with Crippen molar-refractivity contribution in [1.29, 1.82) is 0 Å². The number of thiazole rings is 1. The number of amides is 1. The lowest BCUT2D eigenvalue weighted by Gasteiger charge is -2.33. The SMILES string of the molecule is Cc1cccc(C)c1-c1nc(C)c(C(=O)NCCCN2CCCCC2C)s1. The second kappa shape index (κ2) is 8.98. The molecule has 4 nitrogen and oxygen atoms in total. The highest BCUT2D eigenvalue weighted by Gasteiger charge is 2.19. The van der Waals surface area contributed by atoms with Crippen molar-refractivity contribution in [3.8, 4) is 10.6 Å². The lowest BCUT2D eigenvalue weighted by molar-refractivity contribution is 0.0952. The molecule has 1 atom stereocenters. The van der Waals surface area contributed by atoms with Crippen molar-refractivity contribution in [2.75, 3.05) is 19.6 Å². The van der Waals surface area contributed by atoms with Crippen LogP contribution in [0.4, 0.5) is 0 Å². The van der Waals surface area contributed by atoms with Gasteiger partial charge in [0.15, 0.2) is 0 Å². The van der Waals surface area contributed by atoms with Gasteiger partial charge in [0.1, 0.15) is 9.88 Å². The zero-order chi connectivity index (χ0) is 19.4. The van der Waals surface area contributed by atoms with Gasteiger partial charge in [-0.3, -0.25) is 4.79 Å². The standard InChI is InChI=1S/C22H31N3OS/c1-15-9-7-10-16(2)19(15)22-24-18(4)20(27-22)21(26)23-12-8-14-25-13-6-5-11-17(25)3/h7,9-10,17H,5-6,8,11-14H2,1-4H3,(H,23,26). The molecule has 3 rings (SSSR count). The molecule has 1 aromatic heterocycles. The summed E-state index contributed by atoms with van der Waals surface area (Å²) in [6, 6.07) is 6.93. The Morgan fingerprint density at radius 3 is 2.70 bits per heavy atom. The van der Waals surface area contributed by atoms with Crippen LogP contribution in [0, 0.1) is 20.8 Å². The molecule has 1 unspecified atom stereocenters. The van der Waals surface area contributed by atoms with Gasteiger partial charge in [-0.15, -0.1) is 11.3 Å². The molecule has 1 aliphatic heterocycles. The molecule has 0 aliphatic carbocycles. The van der Waals surface area contributed by atoms with E-state index >= 15 is 0 Å². The Labute approximate surface area is 167 Å². The second-order valence-corrected chi connectivity index (χ2v) is 8.69. The number of carbonyl (C=O) groups is 1. The Balaban J connectivity index is 1.58. The molecule has 2 aromatic rings. The summed E-state index contributed by atoms with van der Waals surface area (Å²) in [5.41, 5.74) is 4.38. The molecule has 0 spiro atoms. The van der Waals surface area contributed by atoms with E-state index in [9.17, 15) is 4.79 Å². The third-order valence-corrected chi connectivity index (χ3v) is 6.72. The van der Waals surface area contributed by atoms with Crippen molar-refractivity contribution >= 4 is 17.2 Å². The first-order valence-electron chi connectivity index (χ1n) is 10.0. The molecule has 1 fully saturated rings. The smallest absolute Gasteiger partial charge is 0.263 e. The molecule has 1 saturated heterocycles. The monoisotopic (exact) mass is 385 g/mol. The van der Waals surface area contributed by atoms with Gasteiger partial charge in [0.25, 0.3) is 5.91 Å². The number of carbonyl (C=O) groups excluding carboxylic acids is 1. The van der Waals surface area contributed by atoms with Crippen LogP contribution in [0.2, 0.25) is 0 Å². The van der Waals surface area contributed by atoms with Gasteiger partial charge in [0.05, 0.1) is 5.69 Å². The van der Waals surface area contributed by atoms with Crippen LogP contribution >= 0.6 is 11.3 Å². The number of nitrogens with one attached hydrogen (secondary N) is 1. The lowest BCUT2D eigenvalue weighted by Crippen LogP contribution is -2.39. The van der Waals surface area contributed by atoms with Gasteiger partial charge in [-0.2, -0.15) is 0 Å². The largest absolute Gasteiger partial charge is 0.351 e. The van der Waals surface area contributed by atoms with Crippen LogP contribution < -0.4 is 5.32 Å². The third-order valence-electron chi connectivity index (χ3n) is 5.55. The van der Waals surface area contributed by atoms with Crippen LogP contribution in [0.3, 0.4) is 0 Å². The summed E-state index contributed by atoms with van der Waals surface area (Å²) >= 11 is 1.50. The summed E-state index contributed by atoms with van der Waals surface area (Å²) in [6.07, 6.45) is 4.95. The predicted octanol–water partition coefficient (Wildman–Crippen LogP) is 4.73. The quantitative estimate of drug-likeness (QED) is 0.731. The number of hydrogen-bond acceptors (Lipinski definition) is 4. The Bertz CT molecular complexity index is 779. The summed E-state index contributed by atoms with van der Waals surface area (Å²) in [6.45, 7) is 11.4. The Hall–Kier alpha value is -1.72. The van der Waals surface area contributed by atoms with Gasteiger partial charge < -0.3 is 10.2 Å². The normalized spacial score (nSPS) is 17.9. The van der Waals surface area contributed by atoms with Crippen LogP contribution in [-0.4, -0.2) is 41.5 Å². The molecule has 146 valence electrons. The maximum Gasteiger partial charge on any atom is 0.263 e. The van der Waals surface area contributed by atoms with Crippen molar-refractivity contribution < 1.29 is 4.79 Å². The molecule has 0 bridgehead atoms. The first-order chi connectivity index (χ1) is 13.0. The van der Waals surface area contributed by atoms with E-state index < -0.39 is 0 Å². The number of rotatable bonds is 6.